The third-order valence-electron chi connectivity index (χ3n) is 8.90. The van der Waals surface area contributed by atoms with E-state index < -0.39 is 0 Å². The van der Waals surface area contributed by atoms with Crippen LogP contribution in [0, 0.1) is 5.92 Å². The van der Waals surface area contributed by atoms with E-state index in [0.717, 1.165) is 51.4 Å². The van der Waals surface area contributed by atoms with Gasteiger partial charge in [-0.15, -0.1) is 13.2 Å². The van der Waals surface area contributed by atoms with Crippen LogP contribution in [0.2, 0.25) is 0 Å². The molecule has 0 aliphatic heterocycles. The summed E-state index contributed by atoms with van der Waals surface area (Å²) < 4.78 is 0. The van der Waals surface area contributed by atoms with Crippen LogP contribution in [0.5, 0.6) is 0 Å². The van der Waals surface area contributed by atoms with Gasteiger partial charge in [-0.2, -0.15) is 0 Å². The van der Waals surface area contributed by atoms with Gasteiger partial charge in [0.05, 0.1) is 11.7 Å². The van der Waals surface area contributed by atoms with E-state index in [1.807, 2.05) is 6.08 Å². The van der Waals surface area contributed by atoms with Crippen molar-refractivity contribution in [2.45, 2.75) is 70.3 Å². The van der Waals surface area contributed by atoms with Crippen molar-refractivity contribution in [3.05, 3.63) is 144 Å². The van der Waals surface area contributed by atoms with Crippen LogP contribution in [-0.4, -0.2) is 10.9 Å². The highest BCUT2D eigenvalue weighted by atomic mass is 15.2. The van der Waals surface area contributed by atoms with Crippen LogP contribution in [0.15, 0.2) is 133 Å². The van der Waals surface area contributed by atoms with E-state index in [4.69, 9.17) is 0 Å². The fourth-order valence-corrected chi connectivity index (χ4v) is 6.89. The van der Waals surface area contributed by atoms with Crippen molar-refractivity contribution in [1.82, 2.24) is 4.90 Å². The fourth-order valence-electron chi connectivity index (χ4n) is 6.89. The quantitative estimate of drug-likeness (QED) is 0.295. The molecule has 0 fully saturated rings. The Balaban J connectivity index is 1.42. The number of rotatable bonds is 9. The molecule has 6 rings (SSSR count). The summed E-state index contributed by atoms with van der Waals surface area (Å²) in [6.07, 6.45) is 40.9. The topological polar surface area (TPSA) is 6.48 Å². The van der Waals surface area contributed by atoms with Crippen LogP contribution < -0.4 is 4.90 Å². The third-order valence-corrected chi connectivity index (χ3v) is 8.90. The van der Waals surface area contributed by atoms with Crippen molar-refractivity contribution < 1.29 is 0 Å². The second-order valence-corrected chi connectivity index (χ2v) is 11.4. The standard InChI is InChI=1S/C38H42N2/c1-3-14-31(4-2)39(37-23-12-17-29-15-8-10-21-35(29)37)33-25-27-34(28-26-33)40(32-19-6-5-7-20-32)38-24-13-18-30-16-9-11-22-36(30)38/h3-4,6,10-13,18-25,27,29,31H,1-2,5,7-9,14-17,26,28H2. The Morgan fingerprint density at radius 3 is 2.50 bits per heavy atom. The maximum Gasteiger partial charge on any atom is 0.0550 e. The van der Waals surface area contributed by atoms with E-state index in [1.165, 1.54) is 58.0 Å². The largest absolute Gasteiger partial charge is 0.338 e. The Morgan fingerprint density at radius 1 is 0.850 bits per heavy atom. The van der Waals surface area contributed by atoms with Gasteiger partial charge in [0.2, 0.25) is 0 Å². The van der Waals surface area contributed by atoms with Gasteiger partial charge in [0.15, 0.2) is 0 Å². The highest BCUT2D eigenvalue weighted by molar-refractivity contribution is 5.76. The Bertz CT molecular complexity index is 1400. The second-order valence-electron chi connectivity index (χ2n) is 11.4. The first-order valence-corrected chi connectivity index (χ1v) is 15.2. The van der Waals surface area contributed by atoms with E-state index in [0.29, 0.717) is 5.92 Å². The van der Waals surface area contributed by atoms with Gasteiger partial charge in [-0.3, -0.25) is 0 Å². The van der Waals surface area contributed by atoms with Gasteiger partial charge in [0, 0.05) is 28.4 Å². The molecule has 0 spiro atoms. The Kier molecular flexibility index (Phi) is 8.04. The van der Waals surface area contributed by atoms with Crippen LogP contribution in [0.1, 0.15) is 68.9 Å². The summed E-state index contributed by atoms with van der Waals surface area (Å²) in [4.78, 5) is 5.09. The van der Waals surface area contributed by atoms with Gasteiger partial charge in [-0.05, 0) is 112 Å². The zero-order chi connectivity index (χ0) is 27.3. The minimum absolute atomic E-state index is 0.186. The number of benzene rings is 1. The van der Waals surface area contributed by atoms with Crippen molar-refractivity contribution in [3.63, 3.8) is 0 Å². The first-order valence-electron chi connectivity index (χ1n) is 15.2. The molecule has 0 saturated carbocycles. The van der Waals surface area contributed by atoms with Gasteiger partial charge in [0.25, 0.3) is 0 Å². The van der Waals surface area contributed by atoms with E-state index in [2.05, 4.69) is 114 Å². The molecule has 1 aromatic carbocycles. The zero-order valence-corrected chi connectivity index (χ0v) is 23.8. The van der Waals surface area contributed by atoms with E-state index in [9.17, 15) is 0 Å². The van der Waals surface area contributed by atoms with E-state index in [-0.39, 0.29) is 6.04 Å². The summed E-state index contributed by atoms with van der Waals surface area (Å²) in [6.45, 7) is 8.33. The van der Waals surface area contributed by atoms with Crippen molar-refractivity contribution in [2.24, 2.45) is 5.92 Å². The lowest BCUT2D eigenvalue weighted by Gasteiger charge is -2.40. The van der Waals surface area contributed by atoms with Crippen molar-refractivity contribution in [2.75, 3.05) is 4.90 Å². The van der Waals surface area contributed by atoms with Crippen LogP contribution in [0.4, 0.5) is 5.69 Å². The van der Waals surface area contributed by atoms with Crippen LogP contribution in [0.3, 0.4) is 0 Å². The molecule has 0 saturated heterocycles. The molecule has 0 radical (unpaired) electrons. The fraction of sp³-hybridized carbons (Fsp3) is 0.316. The van der Waals surface area contributed by atoms with Crippen molar-refractivity contribution in [1.29, 1.82) is 0 Å². The lowest BCUT2D eigenvalue weighted by Crippen LogP contribution is -2.35. The maximum absolute atomic E-state index is 4.25. The monoisotopic (exact) mass is 526 g/mol. The second kappa shape index (κ2) is 12.2. The lowest BCUT2D eigenvalue weighted by molar-refractivity contribution is 0.347. The Morgan fingerprint density at radius 2 is 1.70 bits per heavy atom. The summed E-state index contributed by atoms with van der Waals surface area (Å²) in [5.74, 6) is 0.620. The summed E-state index contributed by atoms with van der Waals surface area (Å²) in [6, 6.07) is 7.02. The molecule has 0 N–H and O–H groups in total. The zero-order valence-electron chi connectivity index (χ0n) is 23.8. The molecule has 204 valence electrons. The molecule has 40 heavy (non-hydrogen) atoms. The Hall–Kier alpha value is -3.78. The summed E-state index contributed by atoms with van der Waals surface area (Å²) in [5.41, 5.74) is 11.0. The highest BCUT2D eigenvalue weighted by Crippen LogP contribution is 2.41. The van der Waals surface area contributed by atoms with Gasteiger partial charge in [-0.1, -0.05) is 66.8 Å². The van der Waals surface area contributed by atoms with Crippen molar-refractivity contribution in [3.8, 4) is 0 Å². The number of nitrogens with zero attached hydrogens (tertiary/aromatic N) is 2. The number of fused-ring (bicyclic) bond motifs is 2. The number of aryl methyl sites for hydroxylation is 1. The normalized spacial score (nSPS) is 22.0. The minimum Gasteiger partial charge on any atom is -0.338 e. The summed E-state index contributed by atoms with van der Waals surface area (Å²) in [7, 11) is 0. The maximum atomic E-state index is 4.25. The van der Waals surface area contributed by atoms with Crippen LogP contribution >= 0.6 is 0 Å². The first-order chi connectivity index (χ1) is 19.8. The summed E-state index contributed by atoms with van der Waals surface area (Å²) >= 11 is 0. The van der Waals surface area contributed by atoms with Crippen LogP contribution in [-0.2, 0) is 6.42 Å². The molecule has 5 aliphatic carbocycles. The van der Waals surface area contributed by atoms with Gasteiger partial charge >= 0.3 is 0 Å². The SMILES string of the molecule is C=CCC(C=C)N(C1=CC=C(N(C2=CCCC=C2)c2cccc3c2C=CCC3)CC1)C1=C2C=CCCC2CC=C1. The lowest BCUT2D eigenvalue weighted by atomic mass is 9.81. The third kappa shape index (κ3) is 5.20. The number of allylic oxidation sites excluding steroid dienone is 13. The Labute approximate surface area is 241 Å². The predicted octanol–water partition coefficient (Wildman–Crippen LogP) is 9.86. The molecule has 2 atom stereocenters. The number of hydrogen-bond acceptors (Lipinski definition) is 2. The molecule has 0 bridgehead atoms. The van der Waals surface area contributed by atoms with Gasteiger partial charge < -0.3 is 9.80 Å². The highest BCUT2D eigenvalue weighted by Gasteiger charge is 2.30. The molecular weight excluding hydrogens is 484 g/mol. The average molecular weight is 527 g/mol. The molecule has 0 aromatic heterocycles. The van der Waals surface area contributed by atoms with Crippen molar-refractivity contribution >= 4 is 11.8 Å². The first kappa shape index (κ1) is 26.4. The van der Waals surface area contributed by atoms with Crippen LogP contribution in [0.25, 0.3) is 6.08 Å². The molecule has 2 nitrogen and oxygen atoms in total. The van der Waals surface area contributed by atoms with Gasteiger partial charge in [-0.25, -0.2) is 0 Å². The molecule has 1 aromatic rings. The number of hydrogen-bond donors (Lipinski definition) is 0. The molecule has 2 heteroatoms. The smallest absolute Gasteiger partial charge is 0.0550 e. The minimum atomic E-state index is 0.186. The number of anilines is 1. The molecule has 0 heterocycles. The van der Waals surface area contributed by atoms with Gasteiger partial charge in [0.1, 0.15) is 0 Å². The van der Waals surface area contributed by atoms with E-state index >= 15 is 0 Å². The van der Waals surface area contributed by atoms with E-state index in [1.54, 1.807) is 0 Å². The molecular formula is C38H42N2. The molecule has 0 amide bonds. The summed E-state index contributed by atoms with van der Waals surface area (Å²) in [5, 5.41) is 0. The predicted molar refractivity (Wildman–Crippen MR) is 171 cm³/mol. The molecule has 5 aliphatic rings. The average Bonchev–Trinajstić information content (AvgIpc) is 3.02. The molecule has 2 unspecified atom stereocenters.